The van der Waals surface area contributed by atoms with E-state index >= 15 is 0 Å². The predicted octanol–water partition coefficient (Wildman–Crippen LogP) is 37.0. The highest BCUT2D eigenvalue weighted by Crippen LogP contribution is 2.58. The number of rotatable bonds is 12. The molecular weight excluding hydrogens is 1720 g/mol. The van der Waals surface area contributed by atoms with Gasteiger partial charge in [-0.25, -0.2) is 0 Å². The first-order chi connectivity index (χ1) is 70.9. The number of fused-ring (bicyclic) bond motifs is 22. The zero-order valence-corrected chi connectivity index (χ0v) is 79.1. The molecular formula is C143H96. The van der Waals surface area contributed by atoms with Crippen LogP contribution in [0.5, 0.6) is 0 Å². The van der Waals surface area contributed by atoms with Crippen molar-refractivity contribution in [1.29, 1.82) is 0 Å². The lowest BCUT2D eigenvalue weighted by molar-refractivity contribution is 1.01. The molecule has 143 heavy (non-hydrogen) atoms. The molecule has 3 unspecified atom stereocenters. The smallest absolute Gasteiger partial charge is 0.0358 e. The van der Waals surface area contributed by atoms with E-state index in [1.807, 2.05) is 0 Å². The van der Waals surface area contributed by atoms with Gasteiger partial charge in [-0.1, -0.05) is 455 Å². The SMILES string of the molecule is c1ccc(-c2cc(-c3cccc4c3Cc3ccccc3-4)cc(C3c4ccccc4-c4cc5c(cc43)Cc3ccccc3-5)c2)cc1.c1ccc(-c2cc(-c3ccccc3)cc(-c3ccc(C4c5ccccc5-c5cc6c(cc54)Cc4ccccc4-6)c4ccccc34)c2)cc1.c1ccc(-c2ccc(-c3cc(-c4ccccc4)cc(-c4ccc(C5c6ccccc6-c6cc7c(cc65)Cc5ccccc5-7)cc4)c3)cc2)cc1. The van der Waals surface area contributed by atoms with Crippen molar-refractivity contribution >= 4 is 10.8 Å². The highest BCUT2D eigenvalue weighted by Gasteiger charge is 2.38. The third kappa shape index (κ3) is 14.6. The fourth-order valence-corrected chi connectivity index (χ4v) is 25.1. The zero-order valence-electron chi connectivity index (χ0n) is 79.1. The summed E-state index contributed by atoms with van der Waals surface area (Å²) in [6.07, 6.45) is 4.00. The summed E-state index contributed by atoms with van der Waals surface area (Å²) in [4.78, 5) is 0. The lowest BCUT2D eigenvalue weighted by Crippen LogP contribution is -2.02. The van der Waals surface area contributed by atoms with Crippen molar-refractivity contribution in [3.63, 3.8) is 0 Å². The average molecular weight is 1810 g/mol. The first kappa shape index (κ1) is 83.5. The molecule has 0 radical (unpaired) electrons. The summed E-state index contributed by atoms with van der Waals surface area (Å²) in [7, 11) is 0. The first-order valence-electron chi connectivity index (χ1n) is 50.6. The summed E-state index contributed by atoms with van der Waals surface area (Å²) in [5.41, 5.74) is 65.8. The lowest BCUT2D eigenvalue weighted by Gasteiger charge is -2.20. The normalized spacial score (nSPS) is 14.1. The van der Waals surface area contributed by atoms with Crippen LogP contribution in [0, 0.1) is 0 Å². The van der Waals surface area contributed by atoms with Gasteiger partial charge in [0.25, 0.3) is 0 Å². The molecule has 0 amide bonds. The van der Waals surface area contributed by atoms with Crippen LogP contribution in [0.2, 0.25) is 0 Å². The summed E-state index contributed by atoms with van der Waals surface area (Å²) >= 11 is 0. The van der Waals surface area contributed by atoms with Gasteiger partial charge in [0.1, 0.15) is 0 Å². The van der Waals surface area contributed by atoms with Gasteiger partial charge in [0.05, 0.1) is 0 Å². The molecule has 0 spiro atoms. The minimum absolute atomic E-state index is 0.180. The minimum atomic E-state index is 0.180. The Kier molecular flexibility index (Phi) is 20.3. The maximum absolute atomic E-state index is 2.53. The molecule has 0 fully saturated rings. The van der Waals surface area contributed by atoms with E-state index in [1.165, 1.54) is 283 Å². The fraction of sp³-hybridized carbons (Fsp3) is 0.0490. The van der Waals surface area contributed by atoms with E-state index in [4.69, 9.17) is 0 Å². The van der Waals surface area contributed by atoms with E-state index < -0.39 is 0 Å². The van der Waals surface area contributed by atoms with E-state index in [-0.39, 0.29) is 17.8 Å². The monoisotopic (exact) mass is 1810 g/mol. The molecule has 23 aromatic carbocycles. The highest BCUT2D eigenvalue weighted by atomic mass is 14.4. The van der Waals surface area contributed by atoms with Crippen LogP contribution >= 0.6 is 0 Å². The second kappa shape index (κ2) is 34.7. The number of benzene rings is 23. The third-order valence-electron chi connectivity index (χ3n) is 31.7. The van der Waals surface area contributed by atoms with Crippen molar-refractivity contribution in [2.45, 2.75) is 43.4 Å². The van der Waals surface area contributed by atoms with Crippen molar-refractivity contribution in [2.24, 2.45) is 0 Å². The molecule has 7 aliphatic rings. The first-order valence-corrected chi connectivity index (χ1v) is 50.6. The Bertz CT molecular complexity index is 8970. The molecule has 0 aromatic heterocycles. The highest BCUT2D eigenvalue weighted by molar-refractivity contribution is 6.03. The average Bonchev–Trinajstić information content (AvgIpc) is 1.57. The third-order valence-corrected chi connectivity index (χ3v) is 31.7. The second-order valence-corrected chi connectivity index (χ2v) is 39.7. The molecule has 23 aromatic rings. The van der Waals surface area contributed by atoms with Crippen molar-refractivity contribution in [1.82, 2.24) is 0 Å². The van der Waals surface area contributed by atoms with Gasteiger partial charge in [-0.2, -0.15) is 0 Å². The Labute approximate surface area is 836 Å². The van der Waals surface area contributed by atoms with Crippen molar-refractivity contribution in [2.75, 3.05) is 0 Å². The molecule has 0 bridgehead atoms. The van der Waals surface area contributed by atoms with Gasteiger partial charge in [0.15, 0.2) is 0 Å². The van der Waals surface area contributed by atoms with Crippen LogP contribution in [0.1, 0.15) is 112 Å². The largest absolute Gasteiger partial charge is 0.0622 e. The molecule has 0 heterocycles. The van der Waals surface area contributed by atoms with E-state index in [1.54, 1.807) is 0 Å². The molecule has 0 saturated carbocycles. The van der Waals surface area contributed by atoms with Crippen LogP contribution in [0.15, 0.2) is 516 Å². The van der Waals surface area contributed by atoms with Crippen LogP contribution in [-0.2, 0) is 25.7 Å². The van der Waals surface area contributed by atoms with E-state index in [0.29, 0.717) is 0 Å². The van der Waals surface area contributed by atoms with E-state index in [0.717, 1.165) is 25.7 Å². The Balaban J connectivity index is 0.000000105. The van der Waals surface area contributed by atoms with Gasteiger partial charge in [-0.05, 0) is 370 Å². The topological polar surface area (TPSA) is 0 Å². The molecule has 0 heteroatoms. The number of hydrogen-bond acceptors (Lipinski definition) is 0. The van der Waals surface area contributed by atoms with Gasteiger partial charge in [-0.3, -0.25) is 0 Å². The summed E-state index contributed by atoms with van der Waals surface area (Å²) < 4.78 is 0. The summed E-state index contributed by atoms with van der Waals surface area (Å²) in [5.74, 6) is 0.583. The second-order valence-electron chi connectivity index (χ2n) is 39.7. The van der Waals surface area contributed by atoms with E-state index in [9.17, 15) is 0 Å². The fourth-order valence-electron chi connectivity index (χ4n) is 25.1. The van der Waals surface area contributed by atoms with Gasteiger partial charge in [-0.15, -0.1) is 0 Å². The molecule has 7 aliphatic carbocycles. The Morgan fingerprint density at radius 2 is 0.392 bits per heavy atom. The standard InChI is InChI=1S/C50H34.C48H32.C45H30/c1-3-11-33(12-4-1)35-19-21-36(22-20-35)41-28-40(34-13-5-2-6-14-34)29-42(30-41)37-23-25-38(26-24-37)50-46-18-10-9-17-45(46)48-32-47-43(31-49(48)50)27-39-15-7-8-16-44(39)47;1-3-13-31(14-4-1)34-26-35(32-15-5-2-6-16-32)28-36(27-34)39-23-24-44(41-20-10-9-19-40(39)41)48-43-22-12-11-21-42(43)46-30-45-37(29-47(46)48)25-33-17-7-8-18-38(33)45;1-2-11-28(12-3-1)31-22-32(37-19-10-20-38-35-15-6-5-14-30(35)25-42(37)38)24-34(23-31)45-40-18-9-8-17-39(40)43-27-41-33(26-44(43)45)21-29-13-4-7-16-36(29)41/h1-26,28-32,50H,27H2;1-24,26-30,48H,25H2;1-20,22-24,26-27,45H,21,25H2. The summed E-state index contributed by atoms with van der Waals surface area (Å²) in [5, 5.41) is 2.61. The summed E-state index contributed by atoms with van der Waals surface area (Å²) in [6, 6.07) is 192. The molecule has 0 nitrogen and oxygen atoms in total. The maximum atomic E-state index is 2.53. The Hall–Kier alpha value is -17.7. The van der Waals surface area contributed by atoms with Gasteiger partial charge in [0.2, 0.25) is 0 Å². The minimum Gasteiger partial charge on any atom is -0.0622 e. The van der Waals surface area contributed by atoms with Crippen LogP contribution in [0.25, 0.3) is 189 Å². The molecule has 30 rings (SSSR count). The van der Waals surface area contributed by atoms with E-state index in [2.05, 4.69) is 516 Å². The van der Waals surface area contributed by atoms with Crippen LogP contribution < -0.4 is 0 Å². The van der Waals surface area contributed by atoms with Crippen LogP contribution in [0.3, 0.4) is 0 Å². The predicted molar refractivity (Wildman–Crippen MR) is 597 cm³/mol. The number of hydrogen-bond donors (Lipinski definition) is 0. The van der Waals surface area contributed by atoms with Gasteiger partial charge < -0.3 is 0 Å². The summed E-state index contributed by atoms with van der Waals surface area (Å²) in [6.45, 7) is 0. The van der Waals surface area contributed by atoms with Crippen molar-refractivity contribution < 1.29 is 0 Å². The molecule has 668 valence electrons. The molecule has 0 N–H and O–H groups in total. The molecule has 0 saturated heterocycles. The van der Waals surface area contributed by atoms with Crippen molar-refractivity contribution in [3.8, 4) is 178 Å². The van der Waals surface area contributed by atoms with Crippen molar-refractivity contribution in [3.05, 3.63) is 610 Å². The molecule has 3 atom stereocenters. The van der Waals surface area contributed by atoms with Crippen LogP contribution in [-0.4, -0.2) is 0 Å². The Morgan fingerprint density at radius 1 is 0.112 bits per heavy atom. The van der Waals surface area contributed by atoms with Crippen LogP contribution in [0.4, 0.5) is 0 Å². The lowest BCUT2D eigenvalue weighted by atomic mass is 9.83. The zero-order chi connectivity index (χ0) is 94.1. The van der Waals surface area contributed by atoms with Gasteiger partial charge in [0, 0.05) is 17.8 Å². The maximum Gasteiger partial charge on any atom is 0.0358 e. The quantitative estimate of drug-likeness (QED) is 0.114. The molecule has 0 aliphatic heterocycles. The Morgan fingerprint density at radius 3 is 0.818 bits per heavy atom. The van der Waals surface area contributed by atoms with Gasteiger partial charge >= 0.3 is 0 Å².